The average molecular weight is 306 g/mol. The fourth-order valence-corrected chi connectivity index (χ4v) is 2.19. The molecule has 0 aliphatic rings. The lowest BCUT2D eigenvalue weighted by Crippen LogP contribution is -2.26. The Hall–Kier alpha value is -2.37. The summed E-state index contributed by atoms with van der Waals surface area (Å²) < 4.78 is 0. The SMILES string of the molecule is CNC(=O)c1cc(C)ccc1NC(=O)CC(C)(C)CC(=O)O. The van der Waals surface area contributed by atoms with Gasteiger partial charge in [0.1, 0.15) is 0 Å². The maximum atomic E-state index is 12.1. The summed E-state index contributed by atoms with van der Waals surface area (Å²) in [5, 5.41) is 14.1. The molecule has 2 amide bonds. The molecular formula is C16H22N2O4. The minimum atomic E-state index is -0.945. The standard InChI is InChI=1S/C16H22N2O4/c1-10-5-6-12(11(7-10)15(22)17-4)18-13(19)8-16(2,3)9-14(20)21/h5-7H,8-9H2,1-4H3,(H,17,22)(H,18,19)(H,20,21). The van der Waals surface area contributed by atoms with E-state index in [0.717, 1.165) is 5.56 Å². The van der Waals surface area contributed by atoms with Crippen LogP contribution in [0.5, 0.6) is 0 Å². The van der Waals surface area contributed by atoms with Crippen LogP contribution in [0.1, 0.15) is 42.6 Å². The summed E-state index contributed by atoms with van der Waals surface area (Å²) in [5.41, 5.74) is 1.05. The van der Waals surface area contributed by atoms with Crippen molar-refractivity contribution in [3.8, 4) is 0 Å². The van der Waals surface area contributed by atoms with Gasteiger partial charge in [-0.25, -0.2) is 0 Å². The van der Waals surface area contributed by atoms with Crippen LogP contribution < -0.4 is 10.6 Å². The lowest BCUT2D eigenvalue weighted by atomic mass is 9.85. The second-order valence-electron chi connectivity index (χ2n) is 6.09. The Balaban J connectivity index is 2.89. The van der Waals surface area contributed by atoms with Crippen molar-refractivity contribution in [1.82, 2.24) is 5.32 Å². The van der Waals surface area contributed by atoms with Crippen molar-refractivity contribution in [2.24, 2.45) is 5.41 Å². The molecule has 1 aromatic rings. The summed E-state index contributed by atoms with van der Waals surface area (Å²) in [6, 6.07) is 5.16. The van der Waals surface area contributed by atoms with E-state index in [0.29, 0.717) is 11.3 Å². The maximum Gasteiger partial charge on any atom is 0.303 e. The number of aryl methyl sites for hydroxylation is 1. The first-order chi connectivity index (χ1) is 10.1. The van der Waals surface area contributed by atoms with Crippen molar-refractivity contribution in [2.75, 3.05) is 12.4 Å². The Morgan fingerprint density at radius 2 is 1.82 bits per heavy atom. The van der Waals surface area contributed by atoms with Gasteiger partial charge in [-0.2, -0.15) is 0 Å². The molecule has 0 atom stereocenters. The minimum Gasteiger partial charge on any atom is -0.481 e. The molecule has 1 aromatic carbocycles. The van der Waals surface area contributed by atoms with Crippen LogP contribution in [0.25, 0.3) is 0 Å². The van der Waals surface area contributed by atoms with Crippen molar-refractivity contribution < 1.29 is 19.5 Å². The Bertz CT molecular complexity index is 594. The molecule has 6 heteroatoms. The quantitative estimate of drug-likeness (QED) is 0.750. The number of nitrogens with one attached hydrogen (secondary N) is 2. The monoisotopic (exact) mass is 306 g/mol. The molecule has 6 nitrogen and oxygen atoms in total. The summed E-state index contributed by atoms with van der Waals surface area (Å²) >= 11 is 0. The molecule has 0 unspecified atom stereocenters. The van der Waals surface area contributed by atoms with Crippen molar-refractivity contribution in [1.29, 1.82) is 0 Å². The van der Waals surface area contributed by atoms with Gasteiger partial charge in [0.25, 0.3) is 5.91 Å². The third-order valence-corrected chi connectivity index (χ3v) is 3.19. The molecule has 0 saturated heterocycles. The van der Waals surface area contributed by atoms with E-state index in [1.54, 1.807) is 32.0 Å². The first kappa shape index (κ1) is 17.7. The molecule has 0 fully saturated rings. The van der Waals surface area contributed by atoms with Crippen LogP contribution in [-0.4, -0.2) is 29.9 Å². The van der Waals surface area contributed by atoms with Crippen LogP contribution in [0.15, 0.2) is 18.2 Å². The van der Waals surface area contributed by atoms with Crippen molar-refractivity contribution in [3.05, 3.63) is 29.3 Å². The third-order valence-electron chi connectivity index (χ3n) is 3.19. The summed E-state index contributed by atoms with van der Waals surface area (Å²) in [7, 11) is 1.52. The molecule has 0 aliphatic carbocycles. The first-order valence-electron chi connectivity index (χ1n) is 6.99. The van der Waals surface area contributed by atoms with Gasteiger partial charge in [-0.1, -0.05) is 25.5 Å². The Morgan fingerprint density at radius 1 is 1.18 bits per heavy atom. The number of benzene rings is 1. The highest BCUT2D eigenvalue weighted by atomic mass is 16.4. The molecule has 0 aromatic heterocycles. The topological polar surface area (TPSA) is 95.5 Å². The number of aliphatic carboxylic acids is 1. The molecule has 1 rings (SSSR count). The Kier molecular flexibility index (Phi) is 5.68. The number of carboxylic acids is 1. The zero-order chi connectivity index (χ0) is 16.9. The molecule has 0 spiro atoms. The number of rotatable bonds is 6. The van der Waals surface area contributed by atoms with E-state index in [1.807, 2.05) is 6.92 Å². The zero-order valence-corrected chi connectivity index (χ0v) is 13.3. The zero-order valence-electron chi connectivity index (χ0n) is 13.3. The third kappa shape index (κ3) is 5.20. The molecule has 0 saturated carbocycles. The lowest BCUT2D eigenvalue weighted by Gasteiger charge is -2.22. The van der Waals surface area contributed by atoms with Gasteiger partial charge in [0.05, 0.1) is 17.7 Å². The first-order valence-corrected chi connectivity index (χ1v) is 6.99. The number of anilines is 1. The fourth-order valence-electron chi connectivity index (χ4n) is 2.19. The predicted molar refractivity (Wildman–Crippen MR) is 83.8 cm³/mol. The highest BCUT2D eigenvalue weighted by Gasteiger charge is 2.25. The van der Waals surface area contributed by atoms with Crippen LogP contribution in [0.3, 0.4) is 0 Å². The van der Waals surface area contributed by atoms with Gasteiger partial charge >= 0.3 is 5.97 Å². The van der Waals surface area contributed by atoms with E-state index in [9.17, 15) is 14.4 Å². The summed E-state index contributed by atoms with van der Waals surface area (Å²) in [5.74, 6) is -1.55. The number of hydrogen-bond acceptors (Lipinski definition) is 3. The fraction of sp³-hybridized carbons (Fsp3) is 0.438. The van der Waals surface area contributed by atoms with Crippen molar-refractivity contribution in [2.45, 2.75) is 33.6 Å². The largest absolute Gasteiger partial charge is 0.481 e. The lowest BCUT2D eigenvalue weighted by molar-refractivity contribution is -0.139. The van der Waals surface area contributed by atoms with Gasteiger partial charge in [-0.05, 0) is 24.5 Å². The van der Waals surface area contributed by atoms with E-state index < -0.39 is 11.4 Å². The molecule has 120 valence electrons. The van der Waals surface area contributed by atoms with Gasteiger partial charge in [-0.3, -0.25) is 14.4 Å². The van der Waals surface area contributed by atoms with Crippen molar-refractivity contribution in [3.63, 3.8) is 0 Å². The number of carboxylic acid groups (broad SMARTS) is 1. The smallest absolute Gasteiger partial charge is 0.303 e. The second kappa shape index (κ2) is 7.06. The van der Waals surface area contributed by atoms with Crippen LogP contribution in [-0.2, 0) is 9.59 Å². The number of hydrogen-bond donors (Lipinski definition) is 3. The average Bonchev–Trinajstić information content (AvgIpc) is 2.37. The molecule has 22 heavy (non-hydrogen) atoms. The van der Waals surface area contributed by atoms with Gasteiger partial charge < -0.3 is 15.7 Å². The summed E-state index contributed by atoms with van der Waals surface area (Å²) in [4.78, 5) is 34.8. The highest BCUT2D eigenvalue weighted by molar-refractivity contribution is 6.03. The predicted octanol–water partition coefficient (Wildman–Crippen LogP) is 2.18. The number of amides is 2. The second-order valence-corrected chi connectivity index (χ2v) is 6.09. The summed E-state index contributed by atoms with van der Waals surface area (Å²) in [6.07, 6.45) is -0.0447. The highest BCUT2D eigenvalue weighted by Crippen LogP contribution is 2.26. The summed E-state index contributed by atoms with van der Waals surface area (Å²) in [6.45, 7) is 5.29. The van der Waals surface area contributed by atoms with Gasteiger partial charge in [0.15, 0.2) is 0 Å². The molecule has 0 radical (unpaired) electrons. The molecular weight excluding hydrogens is 284 g/mol. The number of carbonyl (C=O) groups excluding carboxylic acids is 2. The molecule has 3 N–H and O–H groups in total. The molecule has 0 aliphatic heterocycles. The van der Waals surface area contributed by atoms with E-state index in [2.05, 4.69) is 10.6 Å². The Morgan fingerprint density at radius 3 is 2.36 bits per heavy atom. The normalized spacial score (nSPS) is 10.9. The number of carbonyl (C=O) groups is 3. The maximum absolute atomic E-state index is 12.1. The van der Waals surface area contributed by atoms with Crippen LogP contribution in [0.2, 0.25) is 0 Å². The van der Waals surface area contributed by atoms with Crippen molar-refractivity contribution >= 4 is 23.5 Å². The van der Waals surface area contributed by atoms with E-state index in [4.69, 9.17) is 5.11 Å². The van der Waals surface area contributed by atoms with Gasteiger partial charge in [-0.15, -0.1) is 0 Å². The van der Waals surface area contributed by atoms with Crippen LogP contribution in [0.4, 0.5) is 5.69 Å². The van der Waals surface area contributed by atoms with Crippen LogP contribution in [0, 0.1) is 12.3 Å². The molecule has 0 heterocycles. The van der Waals surface area contributed by atoms with E-state index in [1.165, 1.54) is 7.05 Å². The Labute approximate surface area is 129 Å². The van der Waals surface area contributed by atoms with Crippen LogP contribution >= 0.6 is 0 Å². The van der Waals surface area contributed by atoms with E-state index in [-0.39, 0.29) is 24.7 Å². The van der Waals surface area contributed by atoms with Gasteiger partial charge in [0.2, 0.25) is 5.91 Å². The minimum absolute atomic E-state index is 0.0559. The van der Waals surface area contributed by atoms with Gasteiger partial charge in [0, 0.05) is 13.5 Å². The molecule has 0 bridgehead atoms. The van der Waals surface area contributed by atoms with E-state index >= 15 is 0 Å².